The first-order valence-electron chi connectivity index (χ1n) is 6.49. The summed E-state index contributed by atoms with van der Waals surface area (Å²) in [6.45, 7) is 2.44. The van der Waals surface area contributed by atoms with Crippen molar-refractivity contribution in [2.45, 2.75) is 13.3 Å². The number of carbonyl (C=O) groups excluding carboxylic acids is 1. The third-order valence-corrected chi connectivity index (χ3v) is 3.09. The van der Waals surface area contributed by atoms with Gasteiger partial charge in [-0.25, -0.2) is 4.98 Å². The Kier molecular flexibility index (Phi) is 3.25. The molecule has 0 fully saturated rings. The van der Waals surface area contributed by atoms with Gasteiger partial charge in [-0.2, -0.15) is 0 Å². The van der Waals surface area contributed by atoms with E-state index in [0.29, 0.717) is 18.7 Å². The molecular formula is C15H15N3O2. The van der Waals surface area contributed by atoms with Crippen molar-refractivity contribution in [3.8, 4) is 0 Å². The van der Waals surface area contributed by atoms with E-state index < -0.39 is 0 Å². The monoisotopic (exact) mass is 269 g/mol. The maximum Gasteiger partial charge on any atom is 0.267 e. The summed E-state index contributed by atoms with van der Waals surface area (Å²) in [5.41, 5.74) is 1.24. The molecule has 0 unspecified atom stereocenters. The number of aromatic amines is 1. The Hall–Kier alpha value is -2.56. The second kappa shape index (κ2) is 5.21. The number of pyridine rings is 1. The molecule has 0 atom stereocenters. The first-order valence-corrected chi connectivity index (χ1v) is 6.49. The minimum atomic E-state index is -0.133. The fourth-order valence-corrected chi connectivity index (χ4v) is 2.09. The second-order valence-electron chi connectivity index (χ2n) is 4.64. The Morgan fingerprint density at radius 3 is 3.05 bits per heavy atom. The number of hydrogen-bond donors (Lipinski definition) is 2. The van der Waals surface area contributed by atoms with Crippen LogP contribution in [0.2, 0.25) is 0 Å². The summed E-state index contributed by atoms with van der Waals surface area (Å²) >= 11 is 0. The third kappa shape index (κ3) is 2.56. The van der Waals surface area contributed by atoms with E-state index in [1.54, 1.807) is 12.3 Å². The Morgan fingerprint density at radius 1 is 1.40 bits per heavy atom. The summed E-state index contributed by atoms with van der Waals surface area (Å²) in [5.74, 6) is 1.63. The molecule has 0 radical (unpaired) electrons. The van der Waals surface area contributed by atoms with Gasteiger partial charge in [-0.15, -0.1) is 0 Å². The van der Waals surface area contributed by atoms with E-state index in [1.165, 1.54) is 0 Å². The first kappa shape index (κ1) is 12.5. The van der Waals surface area contributed by atoms with Crippen LogP contribution in [-0.2, 0) is 6.42 Å². The Labute approximate surface area is 116 Å². The number of carbonyl (C=O) groups is 1. The maximum atomic E-state index is 12.0. The minimum absolute atomic E-state index is 0.133. The zero-order chi connectivity index (χ0) is 13.9. The number of aryl methyl sites for hydroxylation is 1. The van der Waals surface area contributed by atoms with Gasteiger partial charge in [0.25, 0.3) is 5.91 Å². The molecule has 2 N–H and O–H groups in total. The van der Waals surface area contributed by atoms with Crippen LogP contribution in [0.5, 0.6) is 0 Å². The van der Waals surface area contributed by atoms with E-state index >= 15 is 0 Å². The highest BCUT2D eigenvalue weighted by atomic mass is 16.3. The highest BCUT2D eigenvalue weighted by Gasteiger charge is 2.09. The number of rotatable bonds is 4. The number of fused-ring (bicyclic) bond motifs is 1. The Morgan fingerprint density at radius 2 is 2.30 bits per heavy atom. The predicted molar refractivity (Wildman–Crippen MR) is 75.6 cm³/mol. The van der Waals surface area contributed by atoms with Crippen LogP contribution >= 0.6 is 0 Å². The maximum absolute atomic E-state index is 12.0. The normalized spacial score (nSPS) is 10.8. The predicted octanol–water partition coefficient (Wildman–Crippen LogP) is 2.44. The van der Waals surface area contributed by atoms with Gasteiger partial charge in [0.1, 0.15) is 22.9 Å². The fourth-order valence-electron chi connectivity index (χ4n) is 2.09. The minimum Gasteiger partial charge on any atom is -0.466 e. The lowest BCUT2D eigenvalue weighted by Crippen LogP contribution is -2.25. The van der Waals surface area contributed by atoms with Gasteiger partial charge in [-0.05, 0) is 37.3 Å². The molecule has 0 aliphatic carbocycles. The number of aromatic nitrogens is 2. The third-order valence-electron chi connectivity index (χ3n) is 3.09. The van der Waals surface area contributed by atoms with Crippen LogP contribution in [0.3, 0.4) is 0 Å². The Balaban J connectivity index is 1.61. The summed E-state index contributed by atoms with van der Waals surface area (Å²) in [6.07, 6.45) is 2.37. The molecule has 3 aromatic heterocycles. The molecule has 0 bridgehead atoms. The average Bonchev–Trinajstić information content (AvgIpc) is 3.04. The Bertz CT molecular complexity index is 709. The average molecular weight is 269 g/mol. The molecule has 102 valence electrons. The zero-order valence-corrected chi connectivity index (χ0v) is 11.1. The van der Waals surface area contributed by atoms with Crippen LogP contribution in [0.4, 0.5) is 0 Å². The molecule has 3 rings (SSSR count). The van der Waals surface area contributed by atoms with Crippen molar-refractivity contribution in [3.63, 3.8) is 0 Å². The number of amides is 1. The number of H-pyrrole nitrogens is 1. The van der Waals surface area contributed by atoms with Gasteiger partial charge in [0.15, 0.2) is 0 Å². The van der Waals surface area contributed by atoms with Crippen LogP contribution in [0, 0.1) is 6.92 Å². The molecule has 0 aromatic carbocycles. The van der Waals surface area contributed by atoms with Crippen LogP contribution in [-0.4, -0.2) is 22.4 Å². The van der Waals surface area contributed by atoms with E-state index in [-0.39, 0.29) is 5.91 Å². The van der Waals surface area contributed by atoms with Gasteiger partial charge in [0.05, 0.1) is 0 Å². The van der Waals surface area contributed by atoms with Gasteiger partial charge < -0.3 is 14.7 Å². The standard InChI is InChI=1S/C15H15N3O2/c1-10-4-5-12(20-10)6-8-17-15(19)13-9-11-3-2-7-16-14(11)18-13/h2-5,7,9H,6,8H2,1H3,(H,16,18)(H,17,19). The van der Waals surface area contributed by atoms with E-state index in [1.807, 2.05) is 31.2 Å². The highest BCUT2D eigenvalue weighted by molar-refractivity contribution is 5.97. The van der Waals surface area contributed by atoms with Crippen molar-refractivity contribution in [3.05, 3.63) is 53.7 Å². The number of furan rings is 1. The second-order valence-corrected chi connectivity index (χ2v) is 4.64. The molecule has 20 heavy (non-hydrogen) atoms. The summed E-state index contributed by atoms with van der Waals surface area (Å²) in [6, 6.07) is 9.40. The van der Waals surface area contributed by atoms with Crippen molar-refractivity contribution in [2.24, 2.45) is 0 Å². The summed E-state index contributed by atoms with van der Waals surface area (Å²) < 4.78 is 5.45. The molecule has 0 spiro atoms. The van der Waals surface area contributed by atoms with Crippen LogP contribution in [0.15, 0.2) is 40.9 Å². The van der Waals surface area contributed by atoms with E-state index in [0.717, 1.165) is 22.6 Å². The molecule has 1 amide bonds. The lowest BCUT2D eigenvalue weighted by atomic mass is 10.3. The van der Waals surface area contributed by atoms with Gasteiger partial charge in [0, 0.05) is 24.5 Å². The van der Waals surface area contributed by atoms with Crippen molar-refractivity contribution in [1.29, 1.82) is 0 Å². The SMILES string of the molecule is Cc1ccc(CCNC(=O)c2cc3cccnc3[nH]2)o1. The van der Waals surface area contributed by atoms with Crippen LogP contribution < -0.4 is 5.32 Å². The zero-order valence-electron chi connectivity index (χ0n) is 11.1. The fraction of sp³-hybridized carbons (Fsp3) is 0.200. The largest absolute Gasteiger partial charge is 0.466 e. The van der Waals surface area contributed by atoms with Crippen LogP contribution in [0.1, 0.15) is 22.0 Å². The molecule has 0 saturated heterocycles. The molecular weight excluding hydrogens is 254 g/mol. The number of hydrogen-bond acceptors (Lipinski definition) is 3. The van der Waals surface area contributed by atoms with Crippen molar-refractivity contribution < 1.29 is 9.21 Å². The highest BCUT2D eigenvalue weighted by Crippen LogP contribution is 2.12. The van der Waals surface area contributed by atoms with Gasteiger partial charge in [0.2, 0.25) is 0 Å². The smallest absolute Gasteiger partial charge is 0.267 e. The van der Waals surface area contributed by atoms with Gasteiger partial charge >= 0.3 is 0 Å². The van der Waals surface area contributed by atoms with E-state index in [2.05, 4.69) is 15.3 Å². The molecule has 0 saturated carbocycles. The lowest BCUT2D eigenvalue weighted by molar-refractivity contribution is 0.0949. The van der Waals surface area contributed by atoms with Gasteiger partial charge in [-0.3, -0.25) is 4.79 Å². The topological polar surface area (TPSA) is 70.9 Å². The summed E-state index contributed by atoms with van der Waals surface area (Å²) in [7, 11) is 0. The van der Waals surface area contributed by atoms with Crippen molar-refractivity contribution >= 4 is 16.9 Å². The van der Waals surface area contributed by atoms with Crippen LogP contribution in [0.25, 0.3) is 11.0 Å². The molecule has 3 aromatic rings. The van der Waals surface area contributed by atoms with E-state index in [4.69, 9.17) is 4.42 Å². The molecule has 5 heteroatoms. The number of nitrogens with one attached hydrogen (secondary N) is 2. The number of nitrogens with zero attached hydrogens (tertiary/aromatic N) is 1. The molecule has 0 aliphatic rings. The van der Waals surface area contributed by atoms with Gasteiger partial charge in [-0.1, -0.05) is 0 Å². The van der Waals surface area contributed by atoms with Crippen molar-refractivity contribution in [1.82, 2.24) is 15.3 Å². The summed E-state index contributed by atoms with van der Waals surface area (Å²) in [4.78, 5) is 19.2. The quantitative estimate of drug-likeness (QED) is 0.764. The summed E-state index contributed by atoms with van der Waals surface area (Å²) in [5, 5.41) is 3.79. The van der Waals surface area contributed by atoms with E-state index in [9.17, 15) is 4.79 Å². The molecule has 5 nitrogen and oxygen atoms in total. The molecule has 3 heterocycles. The first-order chi connectivity index (χ1) is 9.72. The lowest BCUT2D eigenvalue weighted by Gasteiger charge is -2.01. The van der Waals surface area contributed by atoms with Crippen molar-refractivity contribution in [2.75, 3.05) is 6.54 Å². The molecule has 0 aliphatic heterocycles.